The van der Waals surface area contributed by atoms with Gasteiger partial charge in [0.05, 0.1) is 5.56 Å². The smallest absolute Gasteiger partial charge is 0.253 e. The molecule has 0 N–H and O–H groups in total. The lowest BCUT2D eigenvalue weighted by atomic mass is 9.88. The maximum Gasteiger partial charge on any atom is 0.253 e. The van der Waals surface area contributed by atoms with Crippen LogP contribution in [0.5, 0.6) is 0 Å². The third kappa shape index (κ3) is 3.28. The highest BCUT2D eigenvalue weighted by molar-refractivity contribution is 5.94. The van der Waals surface area contributed by atoms with Crippen LogP contribution in [0.25, 0.3) is 0 Å². The fourth-order valence-electron chi connectivity index (χ4n) is 4.23. The molecule has 0 bridgehead atoms. The van der Waals surface area contributed by atoms with E-state index < -0.39 is 0 Å². The third-order valence-corrected chi connectivity index (χ3v) is 5.70. The number of benzene rings is 1. The van der Waals surface area contributed by atoms with Crippen LogP contribution in [0.3, 0.4) is 0 Å². The molecule has 5 nitrogen and oxygen atoms in total. The van der Waals surface area contributed by atoms with Gasteiger partial charge >= 0.3 is 0 Å². The standard InChI is InChI=1S/C22H24N4O/c1-16-18-9-5-6-10-19(18)20(15-23)21(24-16)25-11-13-26(14-12-25)22(27)17-7-3-2-4-8-17/h2-4,7-8H,5-6,9-14H2,1H3. The number of carbonyl (C=O) groups is 1. The third-order valence-electron chi connectivity index (χ3n) is 5.70. The predicted octanol–water partition coefficient (Wildman–Crippen LogP) is 3.10. The van der Waals surface area contributed by atoms with Crippen molar-refractivity contribution >= 4 is 11.7 Å². The number of hydrogen-bond acceptors (Lipinski definition) is 4. The van der Waals surface area contributed by atoms with E-state index in [1.54, 1.807) is 0 Å². The van der Waals surface area contributed by atoms with Crippen molar-refractivity contribution in [1.82, 2.24) is 9.88 Å². The molecule has 0 unspecified atom stereocenters. The number of nitrogens with zero attached hydrogens (tertiary/aromatic N) is 4. The lowest BCUT2D eigenvalue weighted by molar-refractivity contribution is 0.0746. The largest absolute Gasteiger partial charge is 0.352 e. The molecule has 1 fully saturated rings. The van der Waals surface area contributed by atoms with E-state index in [-0.39, 0.29) is 5.91 Å². The molecule has 2 aromatic rings. The fraction of sp³-hybridized carbons (Fsp3) is 0.409. The molecule has 1 aromatic heterocycles. The predicted molar refractivity (Wildman–Crippen MR) is 105 cm³/mol. The summed E-state index contributed by atoms with van der Waals surface area (Å²) in [5.41, 5.74) is 5.01. The van der Waals surface area contributed by atoms with Crippen LogP contribution in [0.15, 0.2) is 30.3 Å². The molecule has 1 saturated heterocycles. The van der Waals surface area contributed by atoms with E-state index in [9.17, 15) is 10.1 Å². The first-order chi connectivity index (χ1) is 13.2. The molecule has 5 heteroatoms. The Morgan fingerprint density at radius 1 is 1.04 bits per heavy atom. The number of amides is 1. The number of pyridine rings is 1. The topological polar surface area (TPSA) is 60.2 Å². The van der Waals surface area contributed by atoms with Crippen LogP contribution in [-0.2, 0) is 12.8 Å². The number of hydrogen-bond donors (Lipinski definition) is 0. The van der Waals surface area contributed by atoms with Crippen molar-refractivity contribution in [2.75, 3.05) is 31.1 Å². The van der Waals surface area contributed by atoms with Crippen molar-refractivity contribution in [3.05, 3.63) is 58.3 Å². The van der Waals surface area contributed by atoms with Gasteiger partial charge in [-0.15, -0.1) is 0 Å². The number of piperazine rings is 1. The molecule has 1 amide bonds. The van der Waals surface area contributed by atoms with Crippen molar-refractivity contribution in [1.29, 1.82) is 5.26 Å². The van der Waals surface area contributed by atoms with E-state index in [0.717, 1.165) is 41.9 Å². The van der Waals surface area contributed by atoms with Crippen molar-refractivity contribution in [2.24, 2.45) is 0 Å². The lowest BCUT2D eigenvalue weighted by Gasteiger charge is -2.36. The Balaban J connectivity index is 1.54. The second-order valence-electron chi connectivity index (χ2n) is 7.32. The Kier molecular flexibility index (Phi) is 4.81. The summed E-state index contributed by atoms with van der Waals surface area (Å²) in [6.45, 7) is 4.77. The van der Waals surface area contributed by atoms with Crippen molar-refractivity contribution in [3.63, 3.8) is 0 Å². The molecular weight excluding hydrogens is 336 g/mol. The summed E-state index contributed by atoms with van der Waals surface area (Å²) >= 11 is 0. The van der Waals surface area contributed by atoms with Gasteiger partial charge in [-0.1, -0.05) is 18.2 Å². The Hall–Kier alpha value is -2.87. The zero-order valence-corrected chi connectivity index (χ0v) is 15.7. The van der Waals surface area contributed by atoms with E-state index >= 15 is 0 Å². The molecule has 1 aliphatic heterocycles. The van der Waals surface area contributed by atoms with Crippen LogP contribution < -0.4 is 4.90 Å². The van der Waals surface area contributed by atoms with Gasteiger partial charge in [0, 0.05) is 37.4 Å². The van der Waals surface area contributed by atoms with E-state index in [4.69, 9.17) is 4.98 Å². The number of aryl methyl sites for hydroxylation is 1. The van der Waals surface area contributed by atoms with Crippen molar-refractivity contribution in [3.8, 4) is 6.07 Å². The number of fused-ring (bicyclic) bond motifs is 1. The van der Waals surface area contributed by atoms with E-state index in [0.29, 0.717) is 26.2 Å². The quantitative estimate of drug-likeness (QED) is 0.826. The molecule has 2 heterocycles. The zero-order valence-electron chi connectivity index (χ0n) is 15.7. The Labute approximate surface area is 160 Å². The average Bonchev–Trinajstić information content (AvgIpc) is 2.74. The second-order valence-corrected chi connectivity index (χ2v) is 7.32. The van der Waals surface area contributed by atoms with Gasteiger partial charge in [0.15, 0.2) is 0 Å². The van der Waals surface area contributed by atoms with E-state index in [2.05, 4.69) is 17.9 Å². The van der Waals surface area contributed by atoms with Crippen LogP contribution in [0.4, 0.5) is 5.82 Å². The van der Waals surface area contributed by atoms with Gasteiger partial charge < -0.3 is 9.80 Å². The van der Waals surface area contributed by atoms with E-state index in [1.165, 1.54) is 17.5 Å². The van der Waals surface area contributed by atoms with Gasteiger partial charge in [-0.3, -0.25) is 4.79 Å². The number of carbonyl (C=O) groups excluding carboxylic acids is 1. The van der Waals surface area contributed by atoms with Gasteiger partial charge in [0.25, 0.3) is 5.91 Å². The number of anilines is 1. The zero-order chi connectivity index (χ0) is 18.8. The van der Waals surface area contributed by atoms with Gasteiger partial charge in [-0.25, -0.2) is 4.98 Å². The lowest BCUT2D eigenvalue weighted by Crippen LogP contribution is -2.49. The molecule has 1 aromatic carbocycles. The highest BCUT2D eigenvalue weighted by atomic mass is 16.2. The minimum Gasteiger partial charge on any atom is -0.352 e. The van der Waals surface area contributed by atoms with Crippen LogP contribution in [0, 0.1) is 18.3 Å². The molecular formula is C22H24N4O. The van der Waals surface area contributed by atoms with Gasteiger partial charge in [0.2, 0.25) is 0 Å². The first-order valence-corrected chi connectivity index (χ1v) is 9.70. The summed E-state index contributed by atoms with van der Waals surface area (Å²) in [6.07, 6.45) is 4.33. The monoisotopic (exact) mass is 360 g/mol. The first kappa shape index (κ1) is 17.5. The summed E-state index contributed by atoms with van der Waals surface area (Å²) in [6, 6.07) is 11.8. The van der Waals surface area contributed by atoms with Crippen LogP contribution >= 0.6 is 0 Å². The summed E-state index contributed by atoms with van der Waals surface area (Å²) in [5, 5.41) is 9.80. The number of rotatable bonds is 2. The van der Waals surface area contributed by atoms with Gasteiger partial charge in [-0.05, 0) is 55.9 Å². The molecule has 27 heavy (non-hydrogen) atoms. The highest BCUT2D eigenvalue weighted by Crippen LogP contribution is 2.32. The molecule has 0 spiro atoms. The maximum absolute atomic E-state index is 12.7. The summed E-state index contributed by atoms with van der Waals surface area (Å²) in [4.78, 5) is 21.5. The van der Waals surface area contributed by atoms with E-state index in [1.807, 2.05) is 35.2 Å². The summed E-state index contributed by atoms with van der Waals surface area (Å²) in [7, 11) is 0. The fourth-order valence-corrected chi connectivity index (χ4v) is 4.23. The average molecular weight is 360 g/mol. The Bertz CT molecular complexity index is 893. The van der Waals surface area contributed by atoms with Crippen molar-refractivity contribution < 1.29 is 4.79 Å². The minimum absolute atomic E-state index is 0.0744. The van der Waals surface area contributed by atoms with Crippen LogP contribution in [0.1, 0.15) is 45.6 Å². The molecule has 4 rings (SSSR count). The molecule has 0 radical (unpaired) electrons. The Morgan fingerprint density at radius 3 is 2.37 bits per heavy atom. The Morgan fingerprint density at radius 2 is 1.70 bits per heavy atom. The molecule has 0 saturated carbocycles. The summed E-state index contributed by atoms with van der Waals surface area (Å²) in [5.74, 6) is 0.882. The van der Waals surface area contributed by atoms with Gasteiger partial charge in [0.1, 0.15) is 11.9 Å². The SMILES string of the molecule is Cc1nc(N2CCN(C(=O)c3ccccc3)CC2)c(C#N)c2c1CCCC2. The molecule has 0 atom stereocenters. The highest BCUT2D eigenvalue weighted by Gasteiger charge is 2.27. The molecule has 2 aliphatic rings. The number of nitriles is 1. The minimum atomic E-state index is 0.0744. The second kappa shape index (κ2) is 7.40. The van der Waals surface area contributed by atoms with Gasteiger partial charge in [-0.2, -0.15) is 5.26 Å². The maximum atomic E-state index is 12.7. The summed E-state index contributed by atoms with van der Waals surface area (Å²) < 4.78 is 0. The normalized spacial score (nSPS) is 16.6. The van der Waals surface area contributed by atoms with Crippen molar-refractivity contribution in [2.45, 2.75) is 32.6 Å². The van der Waals surface area contributed by atoms with Crippen LogP contribution in [0.2, 0.25) is 0 Å². The number of aromatic nitrogens is 1. The van der Waals surface area contributed by atoms with Crippen LogP contribution in [-0.4, -0.2) is 42.0 Å². The molecule has 1 aliphatic carbocycles. The first-order valence-electron chi connectivity index (χ1n) is 9.70. The molecule has 138 valence electrons.